The average molecular weight is 422 g/mol. The maximum absolute atomic E-state index is 13.3. The number of halogens is 2. The number of anilines is 2. The number of H-pyrrole nitrogens is 1. The summed E-state index contributed by atoms with van der Waals surface area (Å²) in [5, 5.41) is 7.68. The lowest BCUT2D eigenvalue weighted by molar-refractivity contribution is 0.102. The molecule has 0 spiro atoms. The van der Waals surface area contributed by atoms with Crippen LogP contribution in [0.5, 0.6) is 5.75 Å². The van der Waals surface area contributed by atoms with Gasteiger partial charge in [0.15, 0.2) is 16.7 Å². The molecule has 0 radical (unpaired) electrons. The molecule has 1 aromatic heterocycles. The van der Waals surface area contributed by atoms with Crippen molar-refractivity contribution >= 4 is 27.3 Å². The molecule has 0 aliphatic carbocycles. The summed E-state index contributed by atoms with van der Waals surface area (Å²) >= 11 is 0. The van der Waals surface area contributed by atoms with Crippen molar-refractivity contribution < 1.29 is 26.7 Å². The highest BCUT2D eigenvalue weighted by Crippen LogP contribution is 2.21. The molecule has 1 amide bonds. The molecular weight excluding hydrogens is 406 g/mol. The molecule has 1 heterocycles. The first-order chi connectivity index (χ1) is 13.8. The van der Waals surface area contributed by atoms with E-state index in [-0.39, 0.29) is 16.9 Å². The molecule has 2 aromatic carbocycles. The third-order valence-corrected chi connectivity index (χ3v) is 5.07. The molecule has 0 unspecified atom stereocenters. The van der Waals surface area contributed by atoms with Crippen molar-refractivity contribution in [1.82, 2.24) is 10.2 Å². The molecule has 0 saturated carbocycles. The number of amides is 1. The van der Waals surface area contributed by atoms with Gasteiger partial charge in [-0.05, 0) is 43.3 Å². The fourth-order valence-corrected chi connectivity index (χ4v) is 3.56. The van der Waals surface area contributed by atoms with Gasteiger partial charge in [0.1, 0.15) is 5.75 Å². The van der Waals surface area contributed by atoms with E-state index in [0.717, 1.165) is 24.4 Å². The van der Waals surface area contributed by atoms with E-state index in [9.17, 15) is 22.0 Å². The van der Waals surface area contributed by atoms with Crippen molar-refractivity contribution in [2.75, 3.05) is 16.6 Å². The van der Waals surface area contributed by atoms with Crippen molar-refractivity contribution in [3.8, 4) is 5.75 Å². The SMILES string of the molecule is CCOc1ccc(NS(=O)(=O)c2[nH]ncc2C(=O)Nc2ccc(F)c(F)c2)cc1. The van der Waals surface area contributed by atoms with Gasteiger partial charge in [0, 0.05) is 17.4 Å². The summed E-state index contributed by atoms with van der Waals surface area (Å²) in [7, 11) is -4.18. The Morgan fingerprint density at radius 3 is 2.45 bits per heavy atom. The lowest BCUT2D eigenvalue weighted by Crippen LogP contribution is -2.19. The van der Waals surface area contributed by atoms with Gasteiger partial charge in [-0.25, -0.2) is 8.78 Å². The Morgan fingerprint density at radius 2 is 1.79 bits per heavy atom. The van der Waals surface area contributed by atoms with E-state index < -0.39 is 32.6 Å². The van der Waals surface area contributed by atoms with Crippen LogP contribution in [0.25, 0.3) is 0 Å². The topological polar surface area (TPSA) is 113 Å². The minimum Gasteiger partial charge on any atom is -0.494 e. The summed E-state index contributed by atoms with van der Waals surface area (Å²) in [6, 6.07) is 8.93. The van der Waals surface area contributed by atoms with Crippen LogP contribution in [0.1, 0.15) is 17.3 Å². The first-order valence-electron chi connectivity index (χ1n) is 8.35. The third-order valence-electron chi connectivity index (χ3n) is 3.71. The highest BCUT2D eigenvalue weighted by Gasteiger charge is 2.25. The minimum atomic E-state index is -4.18. The van der Waals surface area contributed by atoms with Crippen molar-refractivity contribution in [3.05, 3.63) is 65.9 Å². The van der Waals surface area contributed by atoms with Gasteiger partial charge in [-0.1, -0.05) is 0 Å². The van der Waals surface area contributed by atoms with Crippen LogP contribution in [0.4, 0.5) is 20.2 Å². The Hall–Kier alpha value is -3.47. The zero-order valence-electron chi connectivity index (χ0n) is 15.1. The highest BCUT2D eigenvalue weighted by atomic mass is 32.2. The standard InChI is InChI=1S/C18H16F2N4O4S/c1-2-28-13-6-3-11(4-7-13)24-29(26,27)18-14(10-21-23-18)17(25)22-12-5-8-15(19)16(20)9-12/h3-10,24H,2H2,1H3,(H,21,23)(H,22,25). The highest BCUT2D eigenvalue weighted by molar-refractivity contribution is 7.92. The number of carbonyl (C=O) groups excluding carboxylic acids is 1. The fraction of sp³-hybridized carbons (Fsp3) is 0.111. The van der Waals surface area contributed by atoms with Crippen molar-refractivity contribution in [2.24, 2.45) is 0 Å². The van der Waals surface area contributed by atoms with Crippen molar-refractivity contribution in [2.45, 2.75) is 11.9 Å². The molecule has 0 aliphatic rings. The van der Waals surface area contributed by atoms with Crippen LogP contribution in [-0.2, 0) is 10.0 Å². The lowest BCUT2D eigenvalue weighted by atomic mass is 10.2. The number of aromatic amines is 1. The lowest BCUT2D eigenvalue weighted by Gasteiger charge is -2.10. The zero-order chi connectivity index (χ0) is 21.0. The molecule has 3 N–H and O–H groups in total. The number of sulfonamides is 1. The van der Waals surface area contributed by atoms with E-state index >= 15 is 0 Å². The van der Waals surface area contributed by atoms with Gasteiger partial charge in [-0.15, -0.1) is 0 Å². The Kier molecular flexibility index (Phi) is 5.78. The summed E-state index contributed by atoms with van der Waals surface area (Å²) in [5.41, 5.74) is -0.0962. The minimum absolute atomic E-state index is 0.0436. The summed E-state index contributed by atoms with van der Waals surface area (Å²) in [4.78, 5) is 12.4. The molecule has 0 aliphatic heterocycles. The van der Waals surface area contributed by atoms with Gasteiger partial charge in [0.2, 0.25) is 0 Å². The summed E-state index contributed by atoms with van der Waals surface area (Å²) < 4.78 is 59.2. The summed E-state index contributed by atoms with van der Waals surface area (Å²) in [6.07, 6.45) is 1.02. The molecule has 3 aromatic rings. The second-order valence-electron chi connectivity index (χ2n) is 5.76. The maximum Gasteiger partial charge on any atom is 0.279 e. The van der Waals surface area contributed by atoms with Crippen LogP contribution in [0.2, 0.25) is 0 Å². The molecule has 3 rings (SSSR count). The second kappa shape index (κ2) is 8.27. The van der Waals surface area contributed by atoms with Crippen LogP contribution < -0.4 is 14.8 Å². The summed E-state index contributed by atoms with van der Waals surface area (Å²) in [6.45, 7) is 2.29. The number of hydrogen-bond donors (Lipinski definition) is 3. The molecule has 152 valence electrons. The van der Waals surface area contributed by atoms with Crippen molar-refractivity contribution in [3.63, 3.8) is 0 Å². The van der Waals surface area contributed by atoms with E-state index in [0.29, 0.717) is 12.4 Å². The Balaban J connectivity index is 1.80. The Bertz CT molecular complexity index is 1130. The molecular formula is C18H16F2N4O4S. The van der Waals surface area contributed by atoms with Gasteiger partial charge in [0.25, 0.3) is 15.9 Å². The number of nitrogens with zero attached hydrogens (tertiary/aromatic N) is 1. The molecule has 0 saturated heterocycles. The summed E-state index contributed by atoms with van der Waals surface area (Å²) in [5.74, 6) is -2.52. The molecule has 0 bridgehead atoms. The number of benzene rings is 2. The number of ether oxygens (including phenoxy) is 1. The first kappa shape index (κ1) is 20.3. The van der Waals surface area contributed by atoms with Gasteiger partial charge in [-0.2, -0.15) is 13.5 Å². The number of hydrogen-bond acceptors (Lipinski definition) is 5. The van der Waals surface area contributed by atoms with Gasteiger partial charge < -0.3 is 10.1 Å². The number of aromatic nitrogens is 2. The van der Waals surface area contributed by atoms with Crippen LogP contribution in [0.15, 0.2) is 53.7 Å². The third kappa shape index (κ3) is 4.69. The molecule has 0 fully saturated rings. The van der Waals surface area contributed by atoms with Crippen LogP contribution in [0, 0.1) is 11.6 Å². The molecule has 11 heteroatoms. The molecule has 0 atom stereocenters. The van der Waals surface area contributed by atoms with E-state index in [2.05, 4.69) is 20.2 Å². The normalized spacial score (nSPS) is 11.1. The van der Waals surface area contributed by atoms with Crippen LogP contribution in [0.3, 0.4) is 0 Å². The van der Waals surface area contributed by atoms with Crippen LogP contribution in [-0.4, -0.2) is 31.1 Å². The Labute approximate surface area is 165 Å². The molecule has 8 nitrogen and oxygen atoms in total. The monoisotopic (exact) mass is 422 g/mol. The van der Waals surface area contributed by atoms with E-state index in [4.69, 9.17) is 4.74 Å². The Morgan fingerprint density at radius 1 is 1.10 bits per heavy atom. The number of rotatable bonds is 7. The predicted molar refractivity (Wildman–Crippen MR) is 101 cm³/mol. The fourth-order valence-electron chi connectivity index (χ4n) is 2.41. The van der Waals surface area contributed by atoms with E-state index in [1.807, 2.05) is 6.92 Å². The second-order valence-corrected chi connectivity index (χ2v) is 7.38. The first-order valence-corrected chi connectivity index (χ1v) is 9.84. The van der Waals surface area contributed by atoms with Crippen molar-refractivity contribution in [1.29, 1.82) is 0 Å². The van der Waals surface area contributed by atoms with Gasteiger partial charge in [-0.3, -0.25) is 14.6 Å². The largest absolute Gasteiger partial charge is 0.494 e. The van der Waals surface area contributed by atoms with E-state index in [1.165, 1.54) is 12.1 Å². The number of nitrogens with one attached hydrogen (secondary N) is 3. The zero-order valence-corrected chi connectivity index (χ0v) is 15.9. The number of carbonyl (C=O) groups is 1. The maximum atomic E-state index is 13.3. The van der Waals surface area contributed by atoms with E-state index in [1.54, 1.807) is 12.1 Å². The smallest absolute Gasteiger partial charge is 0.279 e. The van der Waals surface area contributed by atoms with Gasteiger partial charge >= 0.3 is 0 Å². The quantitative estimate of drug-likeness (QED) is 0.541. The van der Waals surface area contributed by atoms with Crippen LogP contribution >= 0.6 is 0 Å². The molecule has 29 heavy (non-hydrogen) atoms. The van der Waals surface area contributed by atoms with Gasteiger partial charge in [0.05, 0.1) is 18.4 Å². The predicted octanol–water partition coefficient (Wildman–Crippen LogP) is 3.14. The average Bonchev–Trinajstić information content (AvgIpc) is 3.17.